The lowest BCUT2D eigenvalue weighted by atomic mass is 9.68. The van der Waals surface area contributed by atoms with Crippen LogP contribution in [0.3, 0.4) is 0 Å². The average Bonchev–Trinajstić information content (AvgIpc) is 2.03. The summed E-state index contributed by atoms with van der Waals surface area (Å²) in [6.07, 6.45) is 13.5. The highest BCUT2D eigenvalue weighted by atomic mass is 14.4. The summed E-state index contributed by atoms with van der Waals surface area (Å²) in [5.41, 5.74) is 1.37. The molecule has 1 fully saturated rings. The molecule has 2 rings (SSSR count). The van der Waals surface area contributed by atoms with E-state index in [1.54, 1.807) is 0 Å². The van der Waals surface area contributed by atoms with Gasteiger partial charge >= 0.3 is 0 Å². The lowest BCUT2D eigenvalue weighted by molar-refractivity contribution is 0.201. The fourth-order valence-electron chi connectivity index (χ4n) is 2.31. The standard InChI is InChI=1S/C12H17/c1-10-6-4-2-3-5-7-11-8-9-12(10)11/h2,4,6,11-12H,1,3,5,7-9H2/b6-4+. The van der Waals surface area contributed by atoms with Crippen molar-refractivity contribution >= 4 is 0 Å². The summed E-state index contributed by atoms with van der Waals surface area (Å²) in [5, 5.41) is 0. The predicted octanol–water partition coefficient (Wildman–Crippen LogP) is 3.51. The highest BCUT2D eigenvalue weighted by Gasteiger charge is 2.31. The molecule has 0 aliphatic heterocycles. The average molecular weight is 161 g/mol. The second-order valence-corrected chi connectivity index (χ2v) is 4.04. The highest BCUT2D eigenvalue weighted by molar-refractivity contribution is 5.23. The molecule has 2 aliphatic carbocycles. The van der Waals surface area contributed by atoms with E-state index in [1.165, 1.54) is 37.7 Å². The van der Waals surface area contributed by atoms with Gasteiger partial charge in [-0.15, -0.1) is 0 Å². The molecule has 0 aromatic carbocycles. The Balaban J connectivity index is 2.03. The first kappa shape index (κ1) is 8.10. The summed E-state index contributed by atoms with van der Waals surface area (Å²) in [6.45, 7) is 4.13. The number of fused-ring (bicyclic) bond motifs is 1. The maximum absolute atomic E-state index is 4.13. The molecule has 2 aliphatic rings. The van der Waals surface area contributed by atoms with E-state index in [0.29, 0.717) is 0 Å². The Kier molecular flexibility index (Phi) is 2.34. The molecule has 0 heteroatoms. The van der Waals surface area contributed by atoms with Gasteiger partial charge in [0, 0.05) is 0 Å². The van der Waals surface area contributed by atoms with E-state index in [1.807, 2.05) is 0 Å². The molecule has 12 heavy (non-hydrogen) atoms. The fraction of sp³-hybridized carbons (Fsp3) is 0.583. The second kappa shape index (κ2) is 3.47. The van der Waals surface area contributed by atoms with Gasteiger partial charge in [-0.3, -0.25) is 0 Å². The molecule has 0 aromatic heterocycles. The predicted molar refractivity (Wildman–Crippen MR) is 52.6 cm³/mol. The highest BCUT2D eigenvalue weighted by Crippen LogP contribution is 2.42. The van der Waals surface area contributed by atoms with Gasteiger partial charge in [0.1, 0.15) is 0 Å². The molecule has 0 heterocycles. The van der Waals surface area contributed by atoms with Crippen LogP contribution in [0.2, 0.25) is 0 Å². The third kappa shape index (κ3) is 1.48. The first-order chi connectivity index (χ1) is 5.88. The normalized spacial score (nSPS) is 38.5. The van der Waals surface area contributed by atoms with Crippen LogP contribution in [0.4, 0.5) is 0 Å². The minimum absolute atomic E-state index is 0.827. The Morgan fingerprint density at radius 3 is 2.92 bits per heavy atom. The molecule has 1 saturated carbocycles. The molecular weight excluding hydrogens is 144 g/mol. The summed E-state index contributed by atoms with van der Waals surface area (Å²) < 4.78 is 0. The van der Waals surface area contributed by atoms with Gasteiger partial charge in [-0.1, -0.05) is 30.7 Å². The van der Waals surface area contributed by atoms with E-state index in [4.69, 9.17) is 0 Å². The zero-order chi connectivity index (χ0) is 8.39. The van der Waals surface area contributed by atoms with Crippen LogP contribution in [0.15, 0.2) is 24.3 Å². The number of rotatable bonds is 0. The summed E-state index contributed by atoms with van der Waals surface area (Å²) >= 11 is 0. The Morgan fingerprint density at radius 2 is 2.17 bits per heavy atom. The molecular formula is C12H17. The quantitative estimate of drug-likeness (QED) is 0.510. The Bertz CT molecular complexity index is 200. The molecule has 2 atom stereocenters. The fourth-order valence-corrected chi connectivity index (χ4v) is 2.31. The van der Waals surface area contributed by atoms with Crippen molar-refractivity contribution in [2.75, 3.05) is 0 Å². The number of hydrogen-bond acceptors (Lipinski definition) is 0. The van der Waals surface area contributed by atoms with E-state index in [-0.39, 0.29) is 0 Å². The molecule has 0 bridgehead atoms. The van der Waals surface area contributed by atoms with Crippen molar-refractivity contribution in [1.29, 1.82) is 0 Å². The minimum Gasteiger partial charge on any atom is -0.0956 e. The first-order valence-electron chi connectivity index (χ1n) is 5.06. The van der Waals surface area contributed by atoms with E-state index in [0.717, 1.165) is 11.8 Å². The second-order valence-electron chi connectivity index (χ2n) is 4.04. The van der Waals surface area contributed by atoms with Crippen LogP contribution < -0.4 is 0 Å². The van der Waals surface area contributed by atoms with Gasteiger partial charge < -0.3 is 0 Å². The van der Waals surface area contributed by atoms with Crippen molar-refractivity contribution in [3.05, 3.63) is 30.7 Å². The Labute approximate surface area is 75.4 Å². The third-order valence-electron chi connectivity index (χ3n) is 3.29. The van der Waals surface area contributed by atoms with Gasteiger partial charge in [0.15, 0.2) is 0 Å². The van der Waals surface area contributed by atoms with E-state index in [9.17, 15) is 0 Å². The maximum Gasteiger partial charge on any atom is -0.0139 e. The van der Waals surface area contributed by atoms with Crippen molar-refractivity contribution in [1.82, 2.24) is 0 Å². The molecule has 65 valence electrons. The maximum atomic E-state index is 4.13. The van der Waals surface area contributed by atoms with Crippen LogP contribution in [-0.2, 0) is 0 Å². The Morgan fingerprint density at radius 1 is 1.25 bits per heavy atom. The third-order valence-corrected chi connectivity index (χ3v) is 3.29. The lowest BCUT2D eigenvalue weighted by Gasteiger charge is -2.37. The monoisotopic (exact) mass is 161 g/mol. The molecule has 0 aromatic rings. The molecule has 0 nitrogen and oxygen atoms in total. The molecule has 1 radical (unpaired) electrons. The van der Waals surface area contributed by atoms with Crippen molar-refractivity contribution in [3.63, 3.8) is 0 Å². The van der Waals surface area contributed by atoms with Gasteiger partial charge in [0.05, 0.1) is 0 Å². The van der Waals surface area contributed by atoms with E-state index < -0.39 is 0 Å². The van der Waals surface area contributed by atoms with Gasteiger partial charge in [0.2, 0.25) is 0 Å². The van der Waals surface area contributed by atoms with Crippen molar-refractivity contribution in [2.45, 2.75) is 32.1 Å². The SMILES string of the molecule is C=C1/C=C/[CH]CCCC2CCC12. The van der Waals surface area contributed by atoms with Crippen LogP contribution in [0.25, 0.3) is 0 Å². The van der Waals surface area contributed by atoms with E-state index in [2.05, 4.69) is 25.2 Å². The van der Waals surface area contributed by atoms with Gasteiger partial charge in [0.25, 0.3) is 0 Å². The summed E-state index contributed by atoms with van der Waals surface area (Å²) in [6, 6.07) is 0. The van der Waals surface area contributed by atoms with Crippen LogP contribution in [0.1, 0.15) is 32.1 Å². The summed E-state index contributed by atoms with van der Waals surface area (Å²) in [5.74, 6) is 1.79. The number of allylic oxidation sites excluding steroid dienone is 3. The smallest absolute Gasteiger partial charge is 0.0139 e. The summed E-state index contributed by atoms with van der Waals surface area (Å²) in [4.78, 5) is 0. The largest absolute Gasteiger partial charge is 0.0956 e. The lowest BCUT2D eigenvalue weighted by Crippen LogP contribution is -2.26. The molecule has 0 saturated heterocycles. The molecule has 0 amide bonds. The number of hydrogen-bond donors (Lipinski definition) is 0. The molecule has 2 unspecified atom stereocenters. The van der Waals surface area contributed by atoms with Gasteiger partial charge in [-0.2, -0.15) is 0 Å². The van der Waals surface area contributed by atoms with Crippen molar-refractivity contribution in [3.8, 4) is 0 Å². The minimum atomic E-state index is 0.827. The zero-order valence-electron chi connectivity index (χ0n) is 7.63. The Hall–Kier alpha value is -0.520. The molecule has 0 spiro atoms. The topological polar surface area (TPSA) is 0 Å². The van der Waals surface area contributed by atoms with Gasteiger partial charge in [-0.25, -0.2) is 0 Å². The summed E-state index contributed by atoms with van der Waals surface area (Å²) in [7, 11) is 0. The van der Waals surface area contributed by atoms with Gasteiger partial charge in [-0.05, 0) is 43.9 Å². The first-order valence-corrected chi connectivity index (χ1v) is 5.06. The van der Waals surface area contributed by atoms with E-state index >= 15 is 0 Å². The van der Waals surface area contributed by atoms with Crippen molar-refractivity contribution in [2.24, 2.45) is 11.8 Å². The van der Waals surface area contributed by atoms with Crippen LogP contribution in [0, 0.1) is 18.3 Å². The van der Waals surface area contributed by atoms with Crippen molar-refractivity contribution < 1.29 is 0 Å². The van der Waals surface area contributed by atoms with Crippen LogP contribution in [0.5, 0.6) is 0 Å². The zero-order valence-corrected chi connectivity index (χ0v) is 7.63. The van der Waals surface area contributed by atoms with Crippen LogP contribution in [-0.4, -0.2) is 0 Å². The molecule has 0 N–H and O–H groups in total. The van der Waals surface area contributed by atoms with Crippen LogP contribution >= 0.6 is 0 Å².